The van der Waals surface area contributed by atoms with E-state index in [0.717, 1.165) is 11.3 Å². The summed E-state index contributed by atoms with van der Waals surface area (Å²) < 4.78 is 25.1. The zero-order chi connectivity index (χ0) is 16.7. The fourth-order valence-corrected chi connectivity index (χ4v) is 2.78. The highest BCUT2D eigenvalue weighted by Crippen LogP contribution is 2.14. The van der Waals surface area contributed by atoms with Crippen LogP contribution in [0, 0.1) is 0 Å². The van der Waals surface area contributed by atoms with Crippen LogP contribution in [0.4, 0.5) is 0 Å². The molecule has 0 bridgehead atoms. The third-order valence-electron chi connectivity index (χ3n) is 3.13. The first-order valence-corrected chi connectivity index (χ1v) is 8.34. The molecule has 23 heavy (non-hydrogen) atoms. The molecule has 0 aliphatic carbocycles. The van der Waals surface area contributed by atoms with Crippen LogP contribution >= 0.6 is 0 Å². The molecule has 1 unspecified atom stereocenters. The number of hydrogen-bond acceptors (Lipinski definition) is 4. The fraction of sp³-hybridized carbons (Fsp3) is 0.235. The molecule has 6 heteroatoms. The Labute approximate surface area is 138 Å². The molecule has 2 aromatic carbocycles. The highest BCUT2D eigenvalue weighted by Gasteiger charge is 2.06. The molecule has 0 saturated carbocycles. The molecule has 0 amide bonds. The molecule has 0 radical (unpaired) electrons. The lowest BCUT2D eigenvalue weighted by molar-refractivity contribution is 0.0600. The van der Waals surface area contributed by atoms with Gasteiger partial charge in [0.2, 0.25) is 0 Å². The van der Waals surface area contributed by atoms with E-state index in [1.165, 1.54) is 7.11 Å². The average molecular weight is 333 g/mol. The Morgan fingerprint density at radius 1 is 1.09 bits per heavy atom. The summed E-state index contributed by atoms with van der Waals surface area (Å²) in [5.74, 6) is 0.383. The third kappa shape index (κ3) is 4.91. The lowest BCUT2D eigenvalue weighted by atomic mass is 10.1. The first-order chi connectivity index (χ1) is 11.1. The van der Waals surface area contributed by atoms with Gasteiger partial charge in [0.25, 0.3) is 0 Å². The van der Waals surface area contributed by atoms with Crippen LogP contribution in [0.1, 0.15) is 22.8 Å². The molecule has 0 saturated heterocycles. The van der Waals surface area contributed by atoms with Gasteiger partial charge in [-0.3, -0.25) is 0 Å². The van der Waals surface area contributed by atoms with Crippen molar-refractivity contribution < 1.29 is 18.5 Å². The van der Waals surface area contributed by atoms with Crippen LogP contribution in [0.15, 0.2) is 53.4 Å². The van der Waals surface area contributed by atoms with E-state index in [1.807, 2.05) is 6.92 Å². The van der Waals surface area contributed by atoms with E-state index in [0.29, 0.717) is 23.6 Å². The van der Waals surface area contributed by atoms with Gasteiger partial charge >= 0.3 is 5.97 Å². The molecule has 122 valence electrons. The number of rotatable bonds is 7. The molecule has 0 fully saturated rings. The molecule has 0 heterocycles. The van der Waals surface area contributed by atoms with E-state index < -0.39 is 11.0 Å². The summed E-state index contributed by atoms with van der Waals surface area (Å²) in [5, 5.41) is 0. The summed E-state index contributed by atoms with van der Waals surface area (Å²) in [4.78, 5) is 12.0. The second kappa shape index (κ2) is 8.45. The van der Waals surface area contributed by atoms with Crippen molar-refractivity contribution in [2.24, 2.45) is 0 Å². The second-order valence-corrected chi connectivity index (χ2v) is 5.98. The number of hydrogen-bond donors (Lipinski definition) is 1. The molecule has 0 spiro atoms. The van der Waals surface area contributed by atoms with Crippen LogP contribution in [0.2, 0.25) is 0 Å². The lowest BCUT2D eigenvalue weighted by Gasteiger charge is -2.07. The van der Waals surface area contributed by atoms with Crippen LogP contribution in [0.5, 0.6) is 5.75 Å². The normalized spacial score (nSPS) is 11.7. The molecule has 0 aliphatic heterocycles. The number of ether oxygens (including phenoxy) is 2. The van der Waals surface area contributed by atoms with Gasteiger partial charge in [-0.15, -0.1) is 0 Å². The molecule has 5 nitrogen and oxygen atoms in total. The minimum atomic E-state index is -1.31. The SMILES string of the molecule is CCOc1ccc(S(=O)NCc2ccc(C(=O)OC)cc2)cc1. The maximum absolute atomic E-state index is 12.2. The van der Waals surface area contributed by atoms with Crippen LogP contribution in [0.3, 0.4) is 0 Å². The zero-order valence-corrected chi connectivity index (χ0v) is 13.9. The van der Waals surface area contributed by atoms with Crippen LogP contribution in [-0.4, -0.2) is 23.9 Å². The molecule has 1 atom stereocenters. The topological polar surface area (TPSA) is 64.6 Å². The quantitative estimate of drug-likeness (QED) is 0.791. The first kappa shape index (κ1) is 17.2. The summed E-state index contributed by atoms with van der Waals surface area (Å²) in [6.45, 7) is 2.95. The molecule has 0 aromatic heterocycles. The largest absolute Gasteiger partial charge is 0.494 e. The third-order valence-corrected chi connectivity index (χ3v) is 4.24. The van der Waals surface area contributed by atoms with Crippen molar-refractivity contribution in [2.45, 2.75) is 18.4 Å². The Morgan fingerprint density at radius 3 is 2.30 bits per heavy atom. The summed E-state index contributed by atoms with van der Waals surface area (Å²) in [6, 6.07) is 14.1. The Hall–Kier alpha value is -2.18. The zero-order valence-electron chi connectivity index (χ0n) is 13.1. The van der Waals surface area contributed by atoms with E-state index in [9.17, 15) is 9.00 Å². The van der Waals surface area contributed by atoms with Crippen molar-refractivity contribution in [1.82, 2.24) is 4.72 Å². The van der Waals surface area contributed by atoms with Gasteiger partial charge in [-0.05, 0) is 48.9 Å². The van der Waals surface area contributed by atoms with Crippen LogP contribution in [-0.2, 0) is 22.3 Å². The number of methoxy groups -OCH3 is 1. The van der Waals surface area contributed by atoms with Gasteiger partial charge in [0.1, 0.15) is 16.7 Å². The van der Waals surface area contributed by atoms with Crippen LogP contribution in [0.25, 0.3) is 0 Å². The number of carbonyl (C=O) groups excluding carboxylic acids is 1. The Bertz CT molecular complexity index is 668. The van der Waals surface area contributed by atoms with Crippen molar-refractivity contribution in [1.29, 1.82) is 0 Å². The smallest absolute Gasteiger partial charge is 0.337 e. The minimum absolute atomic E-state index is 0.373. The molecule has 2 rings (SSSR count). The average Bonchev–Trinajstić information content (AvgIpc) is 2.60. The highest BCUT2D eigenvalue weighted by atomic mass is 32.2. The van der Waals surface area contributed by atoms with Gasteiger partial charge in [-0.1, -0.05) is 12.1 Å². The monoisotopic (exact) mass is 333 g/mol. The van der Waals surface area contributed by atoms with Crippen molar-refractivity contribution in [3.05, 3.63) is 59.7 Å². The predicted octanol–water partition coefficient (Wildman–Crippen LogP) is 2.68. The van der Waals surface area contributed by atoms with Crippen LogP contribution < -0.4 is 9.46 Å². The Balaban J connectivity index is 1.92. The number of carbonyl (C=O) groups is 1. The second-order valence-electron chi connectivity index (χ2n) is 4.68. The molecular weight excluding hydrogens is 314 g/mol. The lowest BCUT2D eigenvalue weighted by Crippen LogP contribution is -2.16. The van der Waals surface area contributed by atoms with Gasteiger partial charge in [-0.2, -0.15) is 0 Å². The van der Waals surface area contributed by atoms with Gasteiger partial charge in [0, 0.05) is 6.54 Å². The summed E-state index contributed by atoms with van der Waals surface area (Å²) in [6.07, 6.45) is 0. The first-order valence-electron chi connectivity index (χ1n) is 7.19. The van der Waals surface area contributed by atoms with E-state index in [1.54, 1.807) is 48.5 Å². The summed E-state index contributed by atoms with van der Waals surface area (Å²) in [5.41, 5.74) is 1.42. The molecule has 2 aromatic rings. The number of nitrogens with one attached hydrogen (secondary N) is 1. The van der Waals surface area contributed by atoms with Crippen molar-refractivity contribution >= 4 is 17.0 Å². The van der Waals surface area contributed by atoms with E-state index in [4.69, 9.17) is 4.74 Å². The number of esters is 1. The fourth-order valence-electron chi connectivity index (χ4n) is 1.93. The van der Waals surface area contributed by atoms with Gasteiger partial charge in [0.05, 0.1) is 24.2 Å². The molecule has 0 aliphatic rings. The standard InChI is InChI=1S/C17H19NO4S/c1-3-22-15-8-10-16(11-9-15)23(20)18-12-13-4-6-14(7-5-13)17(19)21-2/h4-11,18H,3,12H2,1-2H3. The summed E-state index contributed by atoms with van der Waals surface area (Å²) in [7, 11) is 0.0360. The van der Waals surface area contributed by atoms with Gasteiger partial charge in [0.15, 0.2) is 0 Å². The van der Waals surface area contributed by atoms with Crippen molar-refractivity contribution in [2.75, 3.05) is 13.7 Å². The van der Waals surface area contributed by atoms with Gasteiger partial charge < -0.3 is 9.47 Å². The maximum Gasteiger partial charge on any atom is 0.337 e. The predicted molar refractivity (Wildman–Crippen MR) is 88.6 cm³/mol. The van der Waals surface area contributed by atoms with E-state index >= 15 is 0 Å². The van der Waals surface area contributed by atoms with E-state index in [2.05, 4.69) is 9.46 Å². The van der Waals surface area contributed by atoms with Crippen molar-refractivity contribution in [3.63, 3.8) is 0 Å². The maximum atomic E-state index is 12.2. The Kier molecular flexibility index (Phi) is 6.31. The van der Waals surface area contributed by atoms with Gasteiger partial charge in [-0.25, -0.2) is 13.7 Å². The minimum Gasteiger partial charge on any atom is -0.494 e. The Morgan fingerprint density at radius 2 is 1.74 bits per heavy atom. The molecular formula is C17H19NO4S. The summed E-state index contributed by atoms with van der Waals surface area (Å²) >= 11 is 0. The van der Waals surface area contributed by atoms with Crippen molar-refractivity contribution in [3.8, 4) is 5.75 Å². The number of benzene rings is 2. The van der Waals surface area contributed by atoms with E-state index in [-0.39, 0.29) is 5.97 Å². The highest BCUT2D eigenvalue weighted by molar-refractivity contribution is 7.83. The molecule has 1 N–H and O–H groups in total.